The van der Waals surface area contributed by atoms with Gasteiger partial charge >= 0.3 is 0 Å². The van der Waals surface area contributed by atoms with E-state index >= 15 is 0 Å². The summed E-state index contributed by atoms with van der Waals surface area (Å²) in [4.78, 5) is 2.18. The Morgan fingerprint density at radius 2 is 1.90 bits per heavy atom. The Kier molecular flexibility index (Phi) is 5.32. The van der Waals surface area contributed by atoms with Gasteiger partial charge in [0, 0.05) is 35.2 Å². The summed E-state index contributed by atoms with van der Waals surface area (Å²) in [6.07, 6.45) is 0. The van der Waals surface area contributed by atoms with E-state index in [0.717, 1.165) is 33.6 Å². The van der Waals surface area contributed by atoms with Crippen LogP contribution in [0.15, 0.2) is 46.9 Å². The van der Waals surface area contributed by atoms with Crippen LogP contribution >= 0.6 is 27.5 Å². The van der Waals surface area contributed by atoms with Crippen LogP contribution < -0.4 is 9.64 Å². The minimum atomic E-state index is 0.499. The van der Waals surface area contributed by atoms with Crippen molar-refractivity contribution in [1.82, 2.24) is 0 Å². The van der Waals surface area contributed by atoms with E-state index in [9.17, 15) is 0 Å². The van der Waals surface area contributed by atoms with Crippen molar-refractivity contribution in [3.8, 4) is 5.75 Å². The second kappa shape index (κ2) is 7.00. The third kappa shape index (κ3) is 3.47. The number of para-hydroxylation sites is 1. The highest BCUT2D eigenvalue weighted by Gasteiger charge is 2.10. The first kappa shape index (κ1) is 15.2. The van der Waals surface area contributed by atoms with Crippen LogP contribution in [0.2, 0.25) is 0 Å². The molecular weight excluding hydrogens is 338 g/mol. The predicted molar refractivity (Wildman–Crippen MR) is 88.8 cm³/mol. The molecule has 0 atom stereocenters. The number of methoxy groups -OCH3 is 1. The van der Waals surface area contributed by atoms with E-state index in [4.69, 9.17) is 16.3 Å². The maximum Gasteiger partial charge on any atom is 0.123 e. The minimum Gasteiger partial charge on any atom is -0.496 e. The third-order valence-electron chi connectivity index (χ3n) is 3.20. The van der Waals surface area contributed by atoms with Gasteiger partial charge in [-0.1, -0.05) is 40.2 Å². The van der Waals surface area contributed by atoms with Crippen molar-refractivity contribution in [3.63, 3.8) is 0 Å². The summed E-state index contributed by atoms with van der Waals surface area (Å²) in [5, 5.41) is 0. The summed E-state index contributed by atoms with van der Waals surface area (Å²) >= 11 is 9.54. The van der Waals surface area contributed by atoms with Crippen LogP contribution in [0.25, 0.3) is 0 Å². The molecule has 0 aromatic heterocycles. The lowest BCUT2D eigenvalue weighted by atomic mass is 10.1. The third-order valence-corrected chi connectivity index (χ3v) is 3.98. The highest BCUT2D eigenvalue weighted by Crippen LogP contribution is 2.28. The van der Waals surface area contributed by atoms with E-state index in [0.29, 0.717) is 5.88 Å². The Labute approximate surface area is 133 Å². The summed E-state index contributed by atoms with van der Waals surface area (Å²) in [5.41, 5.74) is 3.39. The molecule has 0 spiro atoms. The molecular formula is C16H17BrClNO. The van der Waals surface area contributed by atoms with Crippen molar-refractivity contribution < 1.29 is 4.74 Å². The fourth-order valence-electron chi connectivity index (χ4n) is 2.18. The first-order chi connectivity index (χ1) is 9.65. The molecule has 0 aliphatic rings. The summed E-state index contributed by atoms with van der Waals surface area (Å²) in [6, 6.07) is 14.2. The van der Waals surface area contributed by atoms with Crippen LogP contribution in [0.1, 0.15) is 11.1 Å². The van der Waals surface area contributed by atoms with E-state index in [-0.39, 0.29) is 0 Å². The minimum absolute atomic E-state index is 0.499. The molecule has 0 amide bonds. The summed E-state index contributed by atoms with van der Waals surface area (Å²) in [5.74, 6) is 1.40. The van der Waals surface area contributed by atoms with E-state index in [2.05, 4.69) is 40.0 Å². The fraction of sp³-hybridized carbons (Fsp3) is 0.250. The zero-order valence-corrected chi connectivity index (χ0v) is 13.9. The SMILES string of the molecule is COc1ccccc1CN(C)c1cc(Br)ccc1CCl. The van der Waals surface area contributed by atoms with Crippen LogP contribution in [0.5, 0.6) is 5.75 Å². The number of ether oxygens (including phenoxy) is 1. The molecule has 2 nitrogen and oxygen atoms in total. The first-order valence-corrected chi connectivity index (χ1v) is 7.66. The van der Waals surface area contributed by atoms with E-state index in [1.54, 1.807) is 7.11 Å². The number of halogens is 2. The molecule has 0 aliphatic carbocycles. The highest BCUT2D eigenvalue weighted by atomic mass is 79.9. The second-order valence-electron chi connectivity index (χ2n) is 4.57. The number of rotatable bonds is 5. The Morgan fingerprint density at radius 3 is 2.60 bits per heavy atom. The standard InChI is InChI=1S/C16H17BrClNO/c1-19(11-13-5-3-4-6-16(13)20-2)15-9-14(17)8-7-12(15)10-18/h3-9H,10-11H2,1-2H3. The quantitative estimate of drug-likeness (QED) is 0.713. The van der Waals surface area contributed by atoms with Crippen molar-refractivity contribution in [3.05, 3.63) is 58.1 Å². The summed E-state index contributed by atoms with van der Waals surface area (Å²) in [6.45, 7) is 0.768. The van der Waals surface area contributed by atoms with Gasteiger partial charge in [-0.05, 0) is 23.8 Å². The molecule has 0 unspecified atom stereocenters. The predicted octanol–water partition coefficient (Wildman–Crippen LogP) is 4.83. The van der Waals surface area contributed by atoms with Crippen LogP contribution in [0, 0.1) is 0 Å². The van der Waals surface area contributed by atoms with Gasteiger partial charge in [0.25, 0.3) is 0 Å². The van der Waals surface area contributed by atoms with E-state index in [1.807, 2.05) is 30.3 Å². The number of anilines is 1. The lowest BCUT2D eigenvalue weighted by molar-refractivity contribution is 0.409. The monoisotopic (exact) mass is 353 g/mol. The van der Waals surface area contributed by atoms with E-state index < -0.39 is 0 Å². The van der Waals surface area contributed by atoms with Gasteiger partial charge in [-0.2, -0.15) is 0 Å². The molecule has 0 saturated heterocycles. The van der Waals surface area contributed by atoms with Gasteiger partial charge in [0.2, 0.25) is 0 Å². The van der Waals surface area contributed by atoms with Crippen molar-refractivity contribution >= 4 is 33.2 Å². The van der Waals surface area contributed by atoms with Crippen molar-refractivity contribution in [2.45, 2.75) is 12.4 Å². The molecule has 0 aliphatic heterocycles. The molecule has 0 saturated carbocycles. The maximum atomic E-state index is 6.02. The van der Waals surface area contributed by atoms with Gasteiger partial charge in [-0.25, -0.2) is 0 Å². The number of nitrogens with zero attached hydrogens (tertiary/aromatic N) is 1. The number of alkyl halides is 1. The zero-order valence-electron chi connectivity index (χ0n) is 11.6. The van der Waals surface area contributed by atoms with Crippen LogP contribution in [0.4, 0.5) is 5.69 Å². The Bertz CT molecular complexity index is 588. The molecule has 2 rings (SSSR count). The van der Waals surface area contributed by atoms with Gasteiger partial charge in [-0.3, -0.25) is 0 Å². The Morgan fingerprint density at radius 1 is 1.15 bits per heavy atom. The van der Waals surface area contributed by atoms with Crippen LogP contribution in [-0.4, -0.2) is 14.2 Å². The fourth-order valence-corrected chi connectivity index (χ4v) is 2.75. The molecule has 106 valence electrons. The number of hydrogen-bond acceptors (Lipinski definition) is 2. The lowest BCUT2D eigenvalue weighted by Crippen LogP contribution is -2.18. The Balaban J connectivity index is 2.28. The molecule has 20 heavy (non-hydrogen) atoms. The highest BCUT2D eigenvalue weighted by molar-refractivity contribution is 9.10. The zero-order chi connectivity index (χ0) is 14.5. The smallest absolute Gasteiger partial charge is 0.123 e. The molecule has 0 bridgehead atoms. The largest absolute Gasteiger partial charge is 0.496 e. The van der Waals surface area contributed by atoms with Crippen LogP contribution in [-0.2, 0) is 12.4 Å². The van der Waals surface area contributed by atoms with Gasteiger partial charge in [0.1, 0.15) is 5.75 Å². The number of hydrogen-bond donors (Lipinski definition) is 0. The molecule has 0 heterocycles. The molecule has 2 aromatic carbocycles. The second-order valence-corrected chi connectivity index (χ2v) is 5.76. The number of benzene rings is 2. The Hall–Kier alpha value is -1.19. The van der Waals surface area contributed by atoms with Gasteiger partial charge in [0.05, 0.1) is 7.11 Å². The normalized spacial score (nSPS) is 10.4. The van der Waals surface area contributed by atoms with Gasteiger partial charge in [-0.15, -0.1) is 11.6 Å². The van der Waals surface area contributed by atoms with Crippen molar-refractivity contribution in [1.29, 1.82) is 0 Å². The van der Waals surface area contributed by atoms with Crippen molar-refractivity contribution in [2.75, 3.05) is 19.1 Å². The summed E-state index contributed by atoms with van der Waals surface area (Å²) < 4.78 is 6.45. The first-order valence-electron chi connectivity index (χ1n) is 6.33. The molecule has 0 N–H and O–H groups in total. The van der Waals surface area contributed by atoms with Gasteiger partial charge in [0.15, 0.2) is 0 Å². The maximum absolute atomic E-state index is 6.02. The van der Waals surface area contributed by atoms with Gasteiger partial charge < -0.3 is 9.64 Å². The van der Waals surface area contributed by atoms with Crippen LogP contribution in [0.3, 0.4) is 0 Å². The average molecular weight is 355 g/mol. The topological polar surface area (TPSA) is 12.5 Å². The average Bonchev–Trinajstić information content (AvgIpc) is 2.47. The molecule has 2 aromatic rings. The molecule has 0 fully saturated rings. The van der Waals surface area contributed by atoms with Crippen molar-refractivity contribution in [2.24, 2.45) is 0 Å². The summed E-state index contributed by atoms with van der Waals surface area (Å²) in [7, 11) is 3.76. The molecule has 4 heteroatoms. The van der Waals surface area contributed by atoms with E-state index in [1.165, 1.54) is 0 Å². The lowest BCUT2D eigenvalue weighted by Gasteiger charge is -2.23. The molecule has 0 radical (unpaired) electrons.